The number of Topliss-reactive ketones (excluding diaryl/α,β-unsaturated/α-hetero) is 1. The van der Waals surface area contributed by atoms with Gasteiger partial charge in [-0.3, -0.25) is 13.9 Å². The summed E-state index contributed by atoms with van der Waals surface area (Å²) in [5, 5.41) is 4.13. The van der Waals surface area contributed by atoms with E-state index in [1.54, 1.807) is 54.6 Å². The van der Waals surface area contributed by atoms with Crippen LogP contribution in [0.15, 0.2) is 70.9 Å². The number of nitrogens with zero attached hydrogens (tertiary/aromatic N) is 1. The van der Waals surface area contributed by atoms with Gasteiger partial charge in [0.15, 0.2) is 5.78 Å². The summed E-state index contributed by atoms with van der Waals surface area (Å²) in [6.07, 6.45) is 0. The molecule has 0 bridgehead atoms. The van der Waals surface area contributed by atoms with Crippen molar-refractivity contribution in [1.29, 1.82) is 0 Å². The molecule has 0 atom stereocenters. The van der Waals surface area contributed by atoms with Gasteiger partial charge in [-0.1, -0.05) is 30.3 Å². The van der Waals surface area contributed by atoms with Crippen LogP contribution in [0.1, 0.15) is 27.0 Å². The minimum absolute atomic E-state index is 0.0477. The summed E-state index contributed by atoms with van der Waals surface area (Å²) >= 11 is 1.04. The monoisotopic (exact) mass is 414 g/mol. The molecule has 1 amide bonds. The number of para-hydroxylation sites is 1. The van der Waals surface area contributed by atoms with Gasteiger partial charge in [-0.05, 0) is 37.3 Å². The molecule has 0 unspecified atom stereocenters. The Kier molecular flexibility index (Phi) is 5.62. The number of benzene rings is 2. The van der Waals surface area contributed by atoms with E-state index in [0.717, 1.165) is 11.3 Å². The molecule has 0 fully saturated rings. The summed E-state index contributed by atoms with van der Waals surface area (Å²) in [5.74, 6) is -0.543. The topological polar surface area (TPSA) is 83.5 Å². The summed E-state index contributed by atoms with van der Waals surface area (Å²) in [7, 11) is -2.31. The summed E-state index contributed by atoms with van der Waals surface area (Å²) in [4.78, 5) is 24.3. The average Bonchev–Trinajstić information content (AvgIpc) is 3.19. The minimum Gasteiger partial charge on any atom is -0.321 e. The van der Waals surface area contributed by atoms with E-state index in [4.69, 9.17) is 0 Å². The van der Waals surface area contributed by atoms with Crippen LogP contribution in [0.5, 0.6) is 0 Å². The van der Waals surface area contributed by atoms with Crippen LogP contribution in [0.25, 0.3) is 0 Å². The molecule has 6 nitrogen and oxygen atoms in total. The molecule has 3 aromatic rings. The van der Waals surface area contributed by atoms with E-state index in [1.807, 2.05) is 0 Å². The Labute approximate surface area is 167 Å². The Morgan fingerprint density at radius 2 is 1.71 bits per heavy atom. The molecule has 8 heteroatoms. The number of carbonyl (C=O) groups is 2. The third-order valence-corrected chi connectivity index (χ3v) is 6.95. The second-order valence-electron chi connectivity index (χ2n) is 6.05. The predicted molar refractivity (Wildman–Crippen MR) is 111 cm³/mol. The van der Waals surface area contributed by atoms with Crippen molar-refractivity contribution < 1.29 is 18.0 Å². The largest absolute Gasteiger partial charge is 0.321 e. The molecule has 0 aliphatic rings. The highest BCUT2D eigenvalue weighted by molar-refractivity contribution is 7.93. The lowest BCUT2D eigenvalue weighted by atomic mass is 10.1. The third-order valence-electron chi connectivity index (χ3n) is 4.10. The number of hydrogen-bond acceptors (Lipinski definition) is 5. The third kappa shape index (κ3) is 4.13. The number of sulfonamides is 1. The highest BCUT2D eigenvalue weighted by Crippen LogP contribution is 2.26. The number of carbonyl (C=O) groups excluding carboxylic acids is 2. The van der Waals surface area contributed by atoms with E-state index in [-0.39, 0.29) is 15.6 Å². The van der Waals surface area contributed by atoms with E-state index in [9.17, 15) is 18.0 Å². The first-order valence-electron chi connectivity index (χ1n) is 8.34. The number of anilines is 2. The van der Waals surface area contributed by atoms with Crippen LogP contribution in [0.2, 0.25) is 0 Å². The van der Waals surface area contributed by atoms with E-state index in [0.29, 0.717) is 16.9 Å². The van der Waals surface area contributed by atoms with Crippen molar-refractivity contribution in [3.63, 3.8) is 0 Å². The maximum absolute atomic E-state index is 12.8. The Morgan fingerprint density at radius 3 is 2.39 bits per heavy atom. The number of ketones is 1. The molecule has 2 aromatic carbocycles. The Bertz CT molecular complexity index is 1120. The standard InChI is InChI=1S/C20H18N2O4S2/c1-14(23)15-7-6-8-16(11-15)21-20(24)19-12-18(13-27-19)28(25,26)22(2)17-9-4-3-5-10-17/h3-13H,1-2H3,(H,21,24). The fraction of sp³-hybridized carbons (Fsp3) is 0.100. The first-order valence-corrected chi connectivity index (χ1v) is 10.7. The van der Waals surface area contributed by atoms with Gasteiger partial charge in [-0.15, -0.1) is 11.3 Å². The molecule has 0 saturated carbocycles. The van der Waals surface area contributed by atoms with Crippen LogP contribution in [0, 0.1) is 0 Å². The smallest absolute Gasteiger partial charge is 0.265 e. The maximum Gasteiger partial charge on any atom is 0.265 e. The van der Waals surface area contributed by atoms with Crippen molar-refractivity contribution in [3.8, 4) is 0 Å². The zero-order chi connectivity index (χ0) is 20.3. The lowest BCUT2D eigenvalue weighted by molar-refractivity contribution is 0.101. The second-order valence-corrected chi connectivity index (χ2v) is 8.93. The quantitative estimate of drug-likeness (QED) is 0.617. The van der Waals surface area contributed by atoms with Gasteiger partial charge in [0.1, 0.15) is 0 Å². The molecule has 0 aliphatic carbocycles. The van der Waals surface area contributed by atoms with Crippen molar-refractivity contribution in [3.05, 3.63) is 76.5 Å². The first-order chi connectivity index (χ1) is 13.3. The molecule has 1 heterocycles. The average molecular weight is 415 g/mol. The molecule has 0 saturated heterocycles. The molecule has 0 spiro atoms. The number of hydrogen-bond donors (Lipinski definition) is 1. The van der Waals surface area contributed by atoms with Gasteiger partial charge in [0.2, 0.25) is 0 Å². The summed E-state index contributed by atoms with van der Waals surface area (Å²) in [6.45, 7) is 1.45. The van der Waals surface area contributed by atoms with Gasteiger partial charge >= 0.3 is 0 Å². The van der Waals surface area contributed by atoms with Gasteiger partial charge in [-0.2, -0.15) is 0 Å². The van der Waals surface area contributed by atoms with Crippen LogP contribution < -0.4 is 9.62 Å². The summed E-state index contributed by atoms with van der Waals surface area (Å²) < 4.78 is 26.8. The number of thiophene rings is 1. The molecule has 0 aliphatic heterocycles. The normalized spacial score (nSPS) is 11.1. The summed E-state index contributed by atoms with van der Waals surface area (Å²) in [5.41, 5.74) is 1.48. The second kappa shape index (κ2) is 7.95. The molecule has 3 rings (SSSR count). The Morgan fingerprint density at radius 1 is 1.00 bits per heavy atom. The molecule has 1 aromatic heterocycles. The lowest BCUT2D eigenvalue weighted by Gasteiger charge is -2.18. The van der Waals surface area contributed by atoms with E-state index < -0.39 is 15.9 Å². The van der Waals surface area contributed by atoms with E-state index in [2.05, 4.69) is 5.32 Å². The highest BCUT2D eigenvalue weighted by Gasteiger charge is 2.24. The number of amides is 1. The molecule has 28 heavy (non-hydrogen) atoms. The van der Waals surface area contributed by atoms with Crippen molar-refractivity contribution in [2.75, 3.05) is 16.7 Å². The summed E-state index contributed by atoms with van der Waals surface area (Å²) in [6, 6.07) is 16.6. The van der Waals surface area contributed by atoms with Crippen molar-refractivity contribution in [2.24, 2.45) is 0 Å². The SMILES string of the molecule is CC(=O)c1cccc(NC(=O)c2cc(S(=O)(=O)N(C)c3ccccc3)cs2)c1. The molecular weight excluding hydrogens is 396 g/mol. The van der Waals surface area contributed by atoms with Gasteiger partial charge < -0.3 is 5.32 Å². The van der Waals surface area contributed by atoms with Crippen LogP contribution in [0.3, 0.4) is 0 Å². The van der Waals surface area contributed by atoms with Gasteiger partial charge in [0, 0.05) is 23.7 Å². The number of nitrogens with one attached hydrogen (secondary N) is 1. The van der Waals surface area contributed by atoms with E-state index >= 15 is 0 Å². The Balaban J connectivity index is 1.80. The van der Waals surface area contributed by atoms with Crippen molar-refractivity contribution in [1.82, 2.24) is 0 Å². The van der Waals surface area contributed by atoms with Crippen molar-refractivity contribution in [2.45, 2.75) is 11.8 Å². The van der Waals surface area contributed by atoms with Crippen LogP contribution >= 0.6 is 11.3 Å². The van der Waals surface area contributed by atoms with Crippen LogP contribution in [0.4, 0.5) is 11.4 Å². The van der Waals surface area contributed by atoms with Gasteiger partial charge in [0.05, 0.1) is 15.5 Å². The lowest BCUT2D eigenvalue weighted by Crippen LogP contribution is -2.26. The first kappa shape index (κ1) is 19.8. The number of rotatable bonds is 6. The van der Waals surface area contributed by atoms with Crippen LogP contribution in [-0.2, 0) is 10.0 Å². The maximum atomic E-state index is 12.8. The molecular formula is C20H18N2O4S2. The highest BCUT2D eigenvalue weighted by atomic mass is 32.2. The Hall–Kier alpha value is -2.97. The molecule has 0 radical (unpaired) electrons. The fourth-order valence-corrected chi connectivity index (χ4v) is 4.87. The fourth-order valence-electron chi connectivity index (χ4n) is 2.52. The van der Waals surface area contributed by atoms with Gasteiger partial charge in [-0.25, -0.2) is 8.42 Å². The minimum atomic E-state index is -3.78. The molecule has 1 N–H and O–H groups in total. The van der Waals surface area contributed by atoms with E-state index in [1.165, 1.54) is 29.7 Å². The van der Waals surface area contributed by atoms with Crippen LogP contribution in [-0.4, -0.2) is 27.2 Å². The predicted octanol–water partition coefficient (Wildman–Crippen LogP) is 4.03. The van der Waals surface area contributed by atoms with Crippen molar-refractivity contribution >= 4 is 44.4 Å². The zero-order valence-electron chi connectivity index (χ0n) is 15.2. The van der Waals surface area contributed by atoms with Gasteiger partial charge in [0.25, 0.3) is 15.9 Å². The molecule has 144 valence electrons. The zero-order valence-corrected chi connectivity index (χ0v) is 16.9.